The van der Waals surface area contributed by atoms with Gasteiger partial charge in [0.2, 0.25) is 0 Å². The predicted molar refractivity (Wildman–Crippen MR) is 46.4 cm³/mol. The molecule has 0 aliphatic carbocycles. The van der Waals surface area contributed by atoms with Crippen LogP contribution in [0.4, 0.5) is 0 Å². The first-order valence-corrected chi connectivity index (χ1v) is 4.95. The summed E-state index contributed by atoms with van der Waals surface area (Å²) in [6.45, 7) is 0. The lowest BCUT2D eigenvalue weighted by molar-refractivity contribution is 0.690. The summed E-state index contributed by atoms with van der Waals surface area (Å²) in [6.07, 6.45) is 3.28. The van der Waals surface area contributed by atoms with Crippen LogP contribution in [0.15, 0.2) is 36.4 Å². The standard InChI is InChI=1S/C6H6.C2H6OS/c1-2-4-6-5-3-1;1-4(2)3/h1-6H;1-2H3. The van der Waals surface area contributed by atoms with Gasteiger partial charge in [-0.2, -0.15) is 0 Å². The van der Waals surface area contributed by atoms with Crippen LogP contribution in [0, 0.1) is 0 Å². The van der Waals surface area contributed by atoms with E-state index in [1.165, 1.54) is 0 Å². The highest BCUT2D eigenvalue weighted by Crippen LogP contribution is 1.79. The molecule has 0 radical (unpaired) electrons. The number of hydrogen-bond donors (Lipinski definition) is 0. The van der Waals surface area contributed by atoms with Crippen LogP contribution in [-0.2, 0) is 10.8 Å². The third kappa shape index (κ3) is 10.4. The van der Waals surface area contributed by atoms with E-state index in [0.29, 0.717) is 0 Å². The molecule has 1 aromatic carbocycles. The summed E-state index contributed by atoms with van der Waals surface area (Å²) in [5, 5.41) is 0. The molecule has 0 aliphatic heterocycles. The average molecular weight is 156 g/mol. The Hall–Kier alpha value is -0.630. The normalized spacial score (nSPS) is 8.30. The molecule has 0 N–H and O–H groups in total. The van der Waals surface area contributed by atoms with E-state index in [1.807, 2.05) is 36.4 Å². The third-order valence-electron chi connectivity index (χ3n) is 0.667. The maximum Gasteiger partial charge on any atom is 0.0148 e. The summed E-state index contributed by atoms with van der Waals surface area (Å²) in [7, 11) is -0.611. The van der Waals surface area contributed by atoms with Crippen LogP contribution < -0.4 is 0 Å². The molecule has 0 saturated heterocycles. The minimum atomic E-state index is -0.611. The van der Waals surface area contributed by atoms with Gasteiger partial charge in [0.15, 0.2) is 0 Å². The largest absolute Gasteiger partial charge is 0.260 e. The Morgan fingerprint density at radius 2 is 0.900 bits per heavy atom. The second-order valence-electron chi connectivity index (χ2n) is 1.90. The molecule has 0 saturated carbocycles. The van der Waals surface area contributed by atoms with E-state index < -0.39 is 10.8 Å². The maximum absolute atomic E-state index is 9.56. The van der Waals surface area contributed by atoms with Crippen LogP contribution in [0.5, 0.6) is 0 Å². The lowest BCUT2D eigenvalue weighted by Crippen LogP contribution is -1.70. The highest BCUT2D eigenvalue weighted by molar-refractivity contribution is 7.83. The molecule has 0 bridgehead atoms. The summed E-state index contributed by atoms with van der Waals surface area (Å²) in [4.78, 5) is 0. The van der Waals surface area contributed by atoms with Gasteiger partial charge in [0.25, 0.3) is 0 Å². The van der Waals surface area contributed by atoms with Crippen LogP contribution in [0.1, 0.15) is 0 Å². The van der Waals surface area contributed by atoms with Crippen molar-refractivity contribution >= 4 is 10.8 Å². The van der Waals surface area contributed by atoms with Crippen LogP contribution in [0.25, 0.3) is 0 Å². The Bertz CT molecular complexity index is 141. The lowest BCUT2D eigenvalue weighted by atomic mass is 10.4. The maximum atomic E-state index is 9.56. The molecule has 10 heavy (non-hydrogen) atoms. The Kier molecular flexibility index (Phi) is 6.08. The van der Waals surface area contributed by atoms with Gasteiger partial charge in [0.05, 0.1) is 0 Å². The molecule has 0 aliphatic rings. The number of hydrogen-bond acceptors (Lipinski definition) is 1. The molecular weight excluding hydrogens is 144 g/mol. The fourth-order valence-corrected chi connectivity index (χ4v) is 0.385. The first-order valence-electron chi connectivity index (χ1n) is 2.98. The van der Waals surface area contributed by atoms with Crippen molar-refractivity contribution in [2.45, 2.75) is 0 Å². The fourth-order valence-electron chi connectivity index (χ4n) is 0.385. The lowest BCUT2D eigenvalue weighted by Gasteiger charge is -1.69. The quantitative estimate of drug-likeness (QED) is 0.558. The Balaban J connectivity index is 0.000000180. The molecule has 0 atom stereocenters. The predicted octanol–water partition coefficient (Wildman–Crippen LogP) is 1.68. The second kappa shape index (κ2) is 6.49. The molecular formula is C8H12OS. The van der Waals surface area contributed by atoms with Gasteiger partial charge in [-0.3, -0.25) is 4.21 Å². The van der Waals surface area contributed by atoms with E-state index in [0.717, 1.165) is 0 Å². The minimum absolute atomic E-state index is 0.611. The zero-order chi connectivity index (χ0) is 7.82. The van der Waals surface area contributed by atoms with Gasteiger partial charge >= 0.3 is 0 Å². The summed E-state index contributed by atoms with van der Waals surface area (Å²) in [5.74, 6) is 0. The van der Waals surface area contributed by atoms with Crippen molar-refractivity contribution in [3.05, 3.63) is 36.4 Å². The van der Waals surface area contributed by atoms with Crippen molar-refractivity contribution in [3.8, 4) is 0 Å². The van der Waals surface area contributed by atoms with Gasteiger partial charge in [0.1, 0.15) is 0 Å². The van der Waals surface area contributed by atoms with Crippen LogP contribution in [-0.4, -0.2) is 16.7 Å². The van der Waals surface area contributed by atoms with E-state index in [1.54, 1.807) is 12.5 Å². The molecule has 1 nitrogen and oxygen atoms in total. The fraction of sp³-hybridized carbons (Fsp3) is 0.250. The minimum Gasteiger partial charge on any atom is -0.260 e. The zero-order valence-electron chi connectivity index (χ0n) is 6.28. The molecule has 1 aromatic rings. The molecule has 0 amide bonds. The topological polar surface area (TPSA) is 17.1 Å². The van der Waals surface area contributed by atoms with Crippen molar-refractivity contribution in [2.75, 3.05) is 12.5 Å². The smallest absolute Gasteiger partial charge is 0.0148 e. The molecule has 1 rings (SSSR count). The van der Waals surface area contributed by atoms with Crippen molar-refractivity contribution in [3.63, 3.8) is 0 Å². The van der Waals surface area contributed by atoms with Crippen molar-refractivity contribution < 1.29 is 4.21 Å². The molecule has 0 heterocycles. The van der Waals surface area contributed by atoms with Gasteiger partial charge < -0.3 is 0 Å². The first kappa shape index (κ1) is 9.37. The van der Waals surface area contributed by atoms with Gasteiger partial charge in [-0.05, 0) is 0 Å². The van der Waals surface area contributed by atoms with Crippen molar-refractivity contribution in [1.29, 1.82) is 0 Å². The Morgan fingerprint density at radius 1 is 0.800 bits per heavy atom. The summed E-state index contributed by atoms with van der Waals surface area (Å²) in [5.41, 5.74) is 0. The number of benzene rings is 1. The molecule has 56 valence electrons. The molecule has 2 heteroatoms. The van der Waals surface area contributed by atoms with Gasteiger partial charge in [-0.25, -0.2) is 0 Å². The van der Waals surface area contributed by atoms with Crippen LogP contribution in [0.2, 0.25) is 0 Å². The Labute approximate surface area is 64.5 Å². The molecule has 0 spiro atoms. The monoisotopic (exact) mass is 156 g/mol. The molecule has 0 aromatic heterocycles. The SMILES string of the molecule is CS(C)=O.c1ccccc1. The van der Waals surface area contributed by atoms with E-state index in [4.69, 9.17) is 0 Å². The van der Waals surface area contributed by atoms with Crippen molar-refractivity contribution in [1.82, 2.24) is 0 Å². The second-order valence-corrected chi connectivity index (χ2v) is 3.38. The average Bonchev–Trinajstić information content (AvgIpc) is 1.90. The molecule has 0 fully saturated rings. The van der Waals surface area contributed by atoms with Crippen LogP contribution >= 0.6 is 0 Å². The highest BCUT2D eigenvalue weighted by Gasteiger charge is 1.58. The van der Waals surface area contributed by atoms with E-state index >= 15 is 0 Å². The van der Waals surface area contributed by atoms with Gasteiger partial charge in [0, 0.05) is 23.3 Å². The Morgan fingerprint density at radius 3 is 1.00 bits per heavy atom. The summed E-state index contributed by atoms with van der Waals surface area (Å²) >= 11 is 0. The van der Waals surface area contributed by atoms with Crippen LogP contribution in [0.3, 0.4) is 0 Å². The number of rotatable bonds is 0. The van der Waals surface area contributed by atoms with Gasteiger partial charge in [-0.1, -0.05) is 36.4 Å². The van der Waals surface area contributed by atoms with E-state index in [9.17, 15) is 4.21 Å². The zero-order valence-corrected chi connectivity index (χ0v) is 7.10. The summed E-state index contributed by atoms with van der Waals surface area (Å²) < 4.78 is 9.56. The van der Waals surface area contributed by atoms with E-state index in [2.05, 4.69) is 0 Å². The van der Waals surface area contributed by atoms with E-state index in [-0.39, 0.29) is 0 Å². The summed E-state index contributed by atoms with van der Waals surface area (Å²) in [6, 6.07) is 12.0. The van der Waals surface area contributed by atoms with Crippen molar-refractivity contribution in [2.24, 2.45) is 0 Å². The third-order valence-corrected chi connectivity index (χ3v) is 0.667. The van der Waals surface area contributed by atoms with Gasteiger partial charge in [-0.15, -0.1) is 0 Å². The molecule has 0 unspecified atom stereocenters. The first-order chi connectivity index (χ1) is 4.73. The highest BCUT2D eigenvalue weighted by atomic mass is 32.2.